The van der Waals surface area contributed by atoms with E-state index in [9.17, 15) is 0 Å². The number of rotatable bonds is 11. The lowest BCUT2D eigenvalue weighted by molar-refractivity contribution is 0.108. The number of nitrogens with one attached hydrogen (secondary N) is 1. The van der Waals surface area contributed by atoms with Gasteiger partial charge in [-0.25, -0.2) is 0 Å². The molecule has 24 heavy (non-hydrogen) atoms. The van der Waals surface area contributed by atoms with Crippen LogP contribution in [0.5, 0.6) is 0 Å². The van der Waals surface area contributed by atoms with Gasteiger partial charge >= 0.3 is 8.80 Å². The van der Waals surface area contributed by atoms with Gasteiger partial charge in [-0.15, -0.1) is 25.6 Å². The second-order valence-corrected chi connectivity index (χ2v) is 8.19. The third-order valence-electron chi connectivity index (χ3n) is 3.71. The summed E-state index contributed by atoms with van der Waals surface area (Å²) < 4.78 is 16.7. The van der Waals surface area contributed by atoms with Crippen LogP contribution >= 0.6 is 12.4 Å². The molecule has 0 amide bonds. The van der Waals surface area contributed by atoms with Crippen LogP contribution in [-0.4, -0.2) is 43.2 Å². The first-order chi connectivity index (χ1) is 11.2. The topological polar surface area (TPSA) is 65.7 Å². The highest BCUT2D eigenvalue weighted by molar-refractivity contribution is 6.62. The van der Waals surface area contributed by atoms with E-state index in [0.717, 1.165) is 25.9 Å². The van der Waals surface area contributed by atoms with Crippen LogP contribution in [0.3, 0.4) is 0 Å². The molecule has 1 aromatic rings. The normalized spacial score (nSPS) is 11.8. The first-order valence-electron chi connectivity index (χ1n) is 7.82. The lowest BCUT2D eigenvalue weighted by Gasteiger charge is -2.32. The van der Waals surface area contributed by atoms with E-state index in [4.69, 9.17) is 19.0 Å². The summed E-state index contributed by atoms with van der Waals surface area (Å²) in [5.74, 6) is 0. The minimum absolute atomic E-state index is 0. The molecule has 0 aromatic heterocycles. The van der Waals surface area contributed by atoms with Crippen molar-refractivity contribution in [1.29, 1.82) is 0 Å². The molecular weight excluding hydrogens is 344 g/mol. The fraction of sp³-hybridized carbons (Fsp3) is 0.529. The number of hydrogen-bond acceptors (Lipinski definition) is 5. The van der Waals surface area contributed by atoms with Gasteiger partial charge in [-0.3, -0.25) is 0 Å². The predicted octanol–water partition coefficient (Wildman–Crippen LogP) is 2.99. The van der Waals surface area contributed by atoms with Crippen LogP contribution in [0.1, 0.15) is 18.4 Å². The molecule has 0 saturated heterocycles. The molecule has 0 aliphatic rings. The van der Waals surface area contributed by atoms with Crippen molar-refractivity contribution in [3.05, 3.63) is 49.1 Å². The maximum Gasteiger partial charge on any atom is 0.503 e. The minimum atomic E-state index is -2.62. The standard InChI is InChI=1S/C15H28N2O3Si.C2H4.ClH/c1-18-21(19-2,20-3)15(9-11-16)10-12-17-13-14-7-5-4-6-8-14;1-2;/h4-8,15,17H,9-13,16H2,1-3H3;1-2H2;1H. The van der Waals surface area contributed by atoms with E-state index in [0.29, 0.717) is 6.54 Å². The van der Waals surface area contributed by atoms with Gasteiger partial charge in [0.2, 0.25) is 0 Å². The number of halogens is 1. The third-order valence-corrected chi connectivity index (χ3v) is 6.99. The average molecular weight is 377 g/mol. The van der Waals surface area contributed by atoms with E-state index in [1.807, 2.05) is 18.2 Å². The van der Waals surface area contributed by atoms with E-state index >= 15 is 0 Å². The van der Waals surface area contributed by atoms with Crippen molar-refractivity contribution in [3.8, 4) is 0 Å². The number of benzene rings is 1. The predicted molar refractivity (Wildman–Crippen MR) is 105 cm³/mol. The molecule has 7 heteroatoms. The molecule has 5 nitrogen and oxygen atoms in total. The first-order valence-corrected chi connectivity index (χ1v) is 9.62. The highest BCUT2D eigenvalue weighted by atomic mass is 35.5. The molecule has 0 aliphatic carbocycles. The molecule has 1 unspecified atom stereocenters. The van der Waals surface area contributed by atoms with Crippen molar-refractivity contribution >= 4 is 21.2 Å². The zero-order chi connectivity index (χ0) is 17.6. The van der Waals surface area contributed by atoms with Gasteiger partial charge < -0.3 is 24.3 Å². The quantitative estimate of drug-likeness (QED) is 0.353. The van der Waals surface area contributed by atoms with E-state index < -0.39 is 8.80 Å². The number of nitrogens with two attached hydrogens (primary N) is 1. The van der Waals surface area contributed by atoms with Crippen LogP contribution in [0, 0.1) is 0 Å². The summed E-state index contributed by atoms with van der Waals surface area (Å²) in [5.41, 5.74) is 7.21. The van der Waals surface area contributed by atoms with Gasteiger partial charge in [0.15, 0.2) is 0 Å². The molecule has 0 aliphatic heterocycles. The highest BCUT2D eigenvalue weighted by Crippen LogP contribution is 2.30. The van der Waals surface area contributed by atoms with Gasteiger partial charge in [0.05, 0.1) is 0 Å². The molecule has 1 atom stereocenters. The van der Waals surface area contributed by atoms with E-state index in [2.05, 4.69) is 30.6 Å². The van der Waals surface area contributed by atoms with Gasteiger partial charge in [-0.05, 0) is 31.5 Å². The van der Waals surface area contributed by atoms with Crippen LogP contribution in [0.15, 0.2) is 43.5 Å². The summed E-state index contributed by atoms with van der Waals surface area (Å²) in [6, 6.07) is 10.3. The SMILES string of the molecule is C=C.CO[Si](OC)(OC)C(CCN)CCNCc1ccccc1.Cl. The zero-order valence-electron chi connectivity index (χ0n) is 15.1. The summed E-state index contributed by atoms with van der Waals surface area (Å²) >= 11 is 0. The summed E-state index contributed by atoms with van der Waals surface area (Å²) in [6.07, 6.45) is 1.76. The van der Waals surface area contributed by atoms with E-state index in [-0.39, 0.29) is 17.9 Å². The maximum absolute atomic E-state index is 5.72. The summed E-state index contributed by atoms with van der Waals surface area (Å²) in [7, 11) is 2.34. The van der Waals surface area contributed by atoms with Gasteiger partial charge in [0.25, 0.3) is 0 Å². The highest BCUT2D eigenvalue weighted by Gasteiger charge is 2.46. The fourth-order valence-corrected chi connectivity index (χ4v) is 5.07. The van der Waals surface area contributed by atoms with Crippen molar-refractivity contribution in [2.75, 3.05) is 34.4 Å². The monoisotopic (exact) mass is 376 g/mol. The first kappa shape index (κ1) is 25.5. The molecule has 1 rings (SSSR count). The largest absolute Gasteiger partial charge is 0.503 e. The van der Waals surface area contributed by atoms with Crippen molar-refractivity contribution in [2.45, 2.75) is 24.9 Å². The van der Waals surface area contributed by atoms with Crippen molar-refractivity contribution in [1.82, 2.24) is 5.32 Å². The Labute approximate surface area is 154 Å². The van der Waals surface area contributed by atoms with Gasteiger partial charge in [0, 0.05) is 33.4 Å². The van der Waals surface area contributed by atoms with Crippen LogP contribution < -0.4 is 11.1 Å². The van der Waals surface area contributed by atoms with Crippen LogP contribution in [-0.2, 0) is 19.8 Å². The Balaban J connectivity index is 0. The second-order valence-electron chi connectivity index (χ2n) is 4.94. The van der Waals surface area contributed by atoms with Crippen LogP contribution in [0.2, 0.25) is 5.54 Å². The molecular formula is C17H33ClN2O3Si. The average Bonchev–Trinajstić information content (AvgIpc) is 2.63. The van der Waals surface area contributed by atoms with Crippen LogP contribution in [0.25, 0.3) is 0 Å². The van der Waals surface area contributed by atoms with Gasteiger partial charge in [-0.1, -0.05) is 30.3 Å². The Bertz CT molecular complexity index is 386. The van der Waals surface area contributed by atoms with Crippen LogP contribution in [0.4, 0.5) is 0 Å². The fourth-order valence-electron chi connectivity index (χ4n) is 2.55. The summed E-state index contributed by atoms with van der Waals surface area (Å²) in [6.45, 7) is 8.34. The Morgan fingerprint density at radius 1 is 1.04 bits per heavy atom. The minimum Gasteiger partial charge on any atom is -0.377 e. The Morgan fingerprint density at radius 3 is 2.04 bits per heavy atom. The van der Waals surface area contributed by atoms with Crippen molar-refractivity contribution in [3.63, 3.8) is 0 Å². The van der Waals surface area contributed by atoms with E-state index in [1.165, 1.54) is 5.56 Å². The van der Waals surface area contributed by atoms with E-state index in [1.54, 1.807) is 21.3 Å². The molecule has 0 bridgehead atoms. The molecule has 0 fully saturated rings. The Hall–Kier alpha value is -0.733. The lowest BCUT2D eigenvalue weighted by Crippen LogP contribution is -2.49. The molecule has 1 aromatic carbocycles. The van der Waals surface area contributed by atoms with Crippen molar-refractivity contribution in [2.24, 2.45) is 5.73 Å². The molecule has 0 saturated carbocycles. The zero-order valence-corrected chi connectivity index (χ0v) is 16.9. The third kappa shape index (κ3) is 8.39. The summed E-state index contributed by atoms with van der Waals surface area (Å²) in [5, 5.41) is 3.45. The van der Waals surface area contributed by atoms with Gasteiger partial charge in [0.1, 0.15) is 0 Å². The molecule has 0 heterocycles. The lowest BCUT2D eigenvalue weighted by atomic mass is 10.2. The summed E-state index contributed by atoms with van der Waals surface area (Å²) in [4.78, 5) is 0. The van der Waals surface area contributed by atoms with Gasteiger partial charge in [-0.2, -0.15) is 0 Å². The Morgan fingerprint density at radius 2 is 1.58 bits per heavy atom. The molecule has 140 valence electrons. The molecule has 0 spiro atoms. The second kappa shape index (κ2) is 15.8. The Kier molecular flexibility index (Phi) is 16.8. The number of hydrogen-bond donors (Lipinski definition) is 2. The van der Waals surface area contributed by atoms with Crippen molar-refractivity contribution < 1.29 is 13.3 Å². The molecule has 3 N–H and O–H groups in total. The molecule has 0 radical (unpaired) electrons. The maximum atomic E-state index is 5.72. The smallest absolute Gasteiger partial charge is 0.377 e.